The van der Waals surface area contributed by atoms with Gasteiger partial charge >= 0.3 is 0 Å². The first-order valence-corrected chi connectivity index (χ1v) is 6.94. The minimum Gasteiger partial charge on any atom is -0.493 e. The van der Waals surface area contributed by atoms with Crippen molar-refractivity contribution in [1.82, 2.24) is 0 Å². The number of nitrogens with one attached hydrogen (secondary N) is 1. The molecule has 0 aromatic heterocycles. The van der Waals surface area contributed by atoms with Gasteiger partial charge in [-0.2, -0.15) is 0 Å². The zero-order valence-electron chi connectivity index (χ0n) is 12.1. The van der Waals surface area contributed by atoms with E-state index in [1.54, 1.807) is 31.2 Å². The predicted molar refractivity (Wildman–Crippen MR) is 83.1 cm³/mol. The lowest BCUT2D eigenvalue weighted by atomic mass is 10.2. The van der Waals surface area contributed by atoms with Crippen LogP contribution in [-0.2, 0) is 4.79 Å². The van der Waals surface area contributed by atoms with Gasteiger partial charge in [0.05, 0.1) is 12.1 Å². The molecular weight excluding hydrogens is 309 g/mol. The number of carbonyl (C=O) groups is 1. The van der Waals surface area contributed by atoms with Crippen molar-refractivity contribution in [3.63, 3.8) is 0 Å². The molecule has 1 atom stereocenters. The normalized spacial score (nSPS) is 11.6. The van der Waals surface area contributed by atoms with Crippen LogP contribution in [0.4, 0.5) is 10.1 Å². The van der Waals surface area contributed by atoms with Gasteiger partial charge in [0.15, 0.2) is 17.6 Å². The van der Waals surface area contributed by atoms with E-state index in [-0.39, 0.29) is 10.9 Å². The third-order valence-corrected chi connectivity index (χ3v) is 3.22. The molecule has 116 valence electrons. The van der Waals surface area contributed by atoms with E-state index in [0.717, 1.165) is 0 Å². The second-order valence-corrected chi connectivity index (χ2v) is 4.94. The van der Waals surface area contributed by atoms with Gasteiger partial charge in [0.2, 0.25) is 0 Å². The van der Waals surface area contributed by atoms with Gasteiger partial charge in [-0.15, -0.1) is 0 Å². The molecule has 0 aliphatic carbocycles. The summed E-state index contributed by atoms with van der Waals surface area (Å²) in [5.41, 5.74) is 0.395. The summed E-state index contributed by atoms with van der Waals surface area (Å²) in [6.45, 7) is 1.60. The number of methoxy groups -OCH3 is 1. The first kappa shape index (κ1) is 16.1. The highest BCUT2D eigenvalue weighted by atomic mass is 35.5. The van der Waals surface area contributed by atoms with Crippen molar-refractivity contribution < 1.29 is 18.7 Å². The fraction of sp³-hybridized carbons (Fsp3) is 0.188. The van der Waals surface area contributed by atoms with E-state index < -0.39 is 11.9 Å². The van der Waals surface area contributed by atoms with Gasteiger partial charge in [0.25, 0.3) is 5.91 Å². The molecule has 0 spiro atoms. The molecule has 0 unspecified atom stereocenters. The molecule has 2 aromatic carbocycles. The number of amides is 1. The summed E-state index contributed by atoms with van der Waals surface area (Å²) in [4.78, 5) is 12.1. The van der Waals surface area contributed by atoms with Crippen molar-refractivity contribution in [2.75, 3.05) is 12.4 Å². The Hall–Kier alpha value is -2.27. The summed E-state index contributed by atoms with van der Waals surface area (Å²) >= 11 is 5.67. The van der Waals surface area contributed by atoms with Gasteiger partial charge in [0.1, 0.15) is 5.82 Å². The van der Waals surface area contributed by atoms with E-state index in [4.69, 9.17) is 21.1 Å². The van der Waals surface area contributed by atoms with Gasteiger partial charge < -0.3 is 14.8 Å². The molecule has 1 N–H and O–H groups in total. The minimum absolute atomic E-state index is 0.0592. The first-order chi connectivity index (χ1) is 10.5. The monoisotopic (exact) mass is 323 g/mol. The molecule has 0 aliphatic heterocycles. The molecule has 0 fully saturated rings. The van der Waals surface area contributed by atoms with Crippen LogP contribution in [0.15, 0.2) is 42.5 Å². The molecule has 0 saturated carbocycles. The number of hydrogen-bond acceptors (Lipinski definition) is 3. The van der Waals surface area contributed by atoms with Gasteiger partial charge in [-0.1, -0.05) is 23.7 Å². The van der Waals surface area contributed by atoms with E-state index in [1.165, 1.54) is 25.3 Å². The Labute approximate surface area is 132 Å². The smallest absolute Gasteiger partial charge is 0.265 e. The van der Waals surface area contributed by atoms with Crippen LogP contribution in [0, 0.1) is 5.82 Å². The van der Waals surface area contributed by atoms with Crippen LogP contribution in [0.3, 0.4) is 0 Å². The van der Waals surface area contributed by atoms with Crippen LogP contribution >= 0.6 is 11.6 Å². The Balaban J connectivity index is 2.04. The lowest BCUT2D eigenvalue weighted by molar-refractivity contribution is -0.122. The number of anilines is 1. The molecule has 6 heteroatoms. The minimum atomic E-state index is -0.764. The number of ether oxygens (including phenoxy) is 2. The highest BCUT2D eigenvalue weighted by Crippen LogP contribution is 2.27. The molecule has 0 radical (unpaired) electrons. The fourth-order valence-electron chi connectivity index (χ4n) is 1.78. The lowest BCUT2D eigenvalue weighted by Gasteiger charge is -2.16. The largest absolute Gasteiger partial charge is 0.493 e. The molecule has 0 heterocycles. The molecule has 0 saturated heterocycles. The number of carbonyl (C=O) groups excluding carboxylic acids is 1. The maximum atomic E-state index is 13.1. The van der Waals surface area contributed by atoms with Crippen LogP contribution in [0.25, 0.3) is 0 Å². The summed E-state index contributed by atoms with van der Waals surface area (Å²) < 4.78 is 23.8. The SMILES string of the molecule is COc1ccccc1O[C@H](C)C(=O)Nc1ccc(F)c(Cl)c1. The Morgan fingerprint density at radius 3 is 2.55 bits per heavy atom. The third kappa shape index (κ3) is 3.89. The number of benzene rings is 2. The quantitative estimate of drug-likeness (QED) is 0.908. The van der Waals surface area contributed by atoms with Crippen LogP contribution in [0.1, 0.15) is 6.92 Å². The zero-order chi connectivity index (χ0) is 16.1. The molecule has 0 bridgehead atoms. The van der Waals surface area contributed by atoms with Crippen molar-refractivity contribution in [3.05, 3.63) is 53.3 Å². The van der Waals surface area contributed by atoms with Crippen LogP contribution in [0.5, 0.6) is 11.5 Å². The van der Waals surface area contributed by atoms with Gasteiger partial charge in [-0.25, -0.2) is 4.39 Å². The van der Waals surface area contributed by atoms with Crippen LogP contribution in [0.2, 0.25) is 5.02 Å². The zero-order valence-corrected chi connectivity index (χ0v) is 12.9. The summed E-state index contributed by atoms with van der Waals surface area (Å²) in [6, 6.07) is 11.0. The maximum Gasteiger partial charge on any atom is 0.265 e. The molecule has 2 rings (SSSR count). The maximum absolute atomic E-state index is 13.1. The number of para-hydroxylation sites is 2. The van der Waals surface area contributed by atoms with Crippen molar-refractivity contribution in [3.8, 4) is 11.5 Å². The topological polar surface area (TPSA) is 47.6 Å². The summed E-state index contributed by atoms with van der Waals surface area (Å²) in [5, 5.41) is 2.55. The number of halogens is 2. The Morgan fingerprint density at radius 2 is 1.91 bits per heavy atom. The third-order valence-electron chi connectivity index (χ3n) is 2.93. The van der Waals surface area contributed by atoms with Gasteiger partial charge in [-0.3, -0.25) is 4.79 Å². The second-order valence-electron chi connectivity index (χ2n) is 4.53. The standard InChI is InChI=1S/C16H15ClFNO3/c1-10(22-15-6-4-3-5-14(15)21-2)16(20)19-11-7-8-13(18)12(17)9-11/h3-10H,1-2H3,(H,19,20)/t10-/m1/s1. The molecule has 4 nitrogen and oxygen atoms in total. The number of hydrogen-bond donors (Lipinski definition) is 1. The first-order valence-electron chi connectivity index (χ1n) is 6.57. The highest BCUT2D eigenvalue weighted by Gasteiger charge is 2.17. The molecular formula is C16H15ClFNO3. The lowest BCUT2D eigenvalue weighted by Crippen LogP contribution is -2.30. The van der Waals surface area contributed by atoms with E-state index in [0.29, 0.717) is 17.2 Å². The number of rotatable bonds is 5. The fourth-order valence-corrected chi connectivity index (χ4v) is 1.96. The van der Waals surface area contributed by atoms with Crippen LogP contribution in [-0.4, -0.2) is 19.1 Å². The molecule has 1 amide bonds. The average molecular weight is 324 g/mol. The van der Waals surface area contributed by atoms with Gasteiger partial charge in [-0.05, 0) is 37.3 Å². The molecule has 2 aromatic rings. The summed E-state index contributed by atoms with van der Waals surface area (Å²) in [6.07, 6.45) is -0.764. The predicted octanol–water partition coefficient (Wildman–Crippen LogP) is 3.89. The Morgan fingerprint density at radius 1 is 1.23 bits per heavy atom. The van der Waals surface area contributed by atoms with Crippen molar-refractivity contribution in [1.29, 1.82) is 0 Å². The molecule has 0 aliphatic rings. The van der Waals surface area contributed by atoms with Crippen molar-refractivity contribution in [2.24, 2.45) is 0 Å². The van der Waals surface area contributed by atoms with Crippen LogP contribution < -0.4 is 14.8 Å². The highest BCUT2D eigenvalue weighted by molar-refractivity contribution is 6.31. The van der Waals surface area contributed by atoms with E-state index in [1.807, 2.05) is 0 Å². The Kier molecular flexibility index (Phi) is 5.22. The second kappa shape index (κ2) is 7.13. The van der Waals surface area contributed by atoms with E-state index in [9.17, 15) is 9.18 Å². The average Bonchev–Trinajstić information content (AvgIpc) is 2.51. The van der Waals surface area contributed by atoms with Crippen molar-refractivity contribution >= 4 is 23.2 Å². The van der Waals surface area contributed by atoms with E-state index >= 15 is 0 Å². The van der Waals surface area contributed by atoms with Gasteiger partial charge in [0, 0.05) is 5.69 Å². The van der Waals surface area contributed by atoms with Crippen molar-refractivity contribution in [2.45, 2.75) is 13.0 Å². The van der Waals surface area contributed by atoms with E-state index in [2.05, 4.69) is 5.32 Å². The summed E-state index contributed by atoms with van der Waals surface area (Å²) in [5.74, 6) is 0.0725. The Bertz CT molecular complexity index is 678. The summed E-state index contributed by atoms with van der Waals surface area (Å²) in [7, 11) is 1.52. The molecule has 22 heavy (non-hydrogen) atoms.